The van der Waals surface area contributed by atoms with Gasteiger partial charge in [-0.2, -0.15) is 0 Å². The Balaban J connectivity index is 2.42. The second-order valence-corrected chi connectivity index (χ2v) is 4.95. The molecule has 1 amide bonds. The van der Waals surface area contributed by atoms with E-state index in [1.165, 1.54) is 0 Å². The molecule has 0 aromatic heterocycles. The van der Waals surface area contributed by atoms with Gasteiger partial charge in [-0.3, -0.25) is 9.69 Å². The van der Waals surface area contributed by atoms with Gasteiger partial charge in [0.25, 0.3) is 0 Å². The fourth-order valence-electron chi connectivity index (χ4n) is 2.00. The van der Waals surface area contributed by atoms with Crippen LogP contribution < -0.4 is 10.1 Å². The molecule has 1 atom stereocenters. The molecule has 1 aromatic rings. The summed E-state index contributed by atoms with van der Waals surface area (Å²) in [6.07, 6.45) is 0. The Kier molecular flexibility index (Phi) is 7.04. The molecule has 0 bridgehead atoms. The Morgan fingerprint density at radius 2 is 2.15 bits per heavy atom. The van der Waals surface area contributed by atoms with Crippen LogP contribution >= 0.6 is 0 Å². The summed E-state index contributed by atoms with van der Waals surface area (Å²) in [5.41, 5.74) is 1.12. The summed E-state index contributed by atoms with van der Waals surface area (Å²) in [5.74, 6) is 0.828. The van der Waals surface area contributed by atoms with Gasteiger partial charge in [-0.05, 0) is 31.7 Å². The van der Waals surface area contributed by atoms with E-state index in [1.54, 1.807) is 14.2 Å². The number of nitrogens with zero attached hydrogens (tertiary/aromatic N) is 1. The third kappa shape index (κ3) is 6.04. The topological polar surface area (TPSA) is 50.8 Å². The average Bonchev–Trinajstić information content (AvgIpc) is 2.38. The lowest BCUT2D eigenvalue weighted by Crippen LogP contribution is -2.41. The van der Waals surface area contributed by atoms with Crippen molar-refractivity contribution in [3.05, 3.63) is 29.8 Å². The maximum atomic E-state index is 11.8. The molecule has 0 spiro atoms. The molecular formula is C15H24N2O3. The van der Waals surface area contributed by atoms with E-state index in [9.17, 15) is 4.79 Å². The van der Waals surface area contributed by atoms with Crippen molar-refractivity contribution < 1.29 is 14.3 Å². The molecule has 1 aromatic carbocycles. The summed E-state index contributed by atoms with van der Waals surface area (Å²) in [6, 6.07) is 7.87. The first-order valence-electron chi connectivity index (χ1n) is 6.65. The van der Waals surface area contributed by atoms with E-state index in [0.29, 0.717) is 19.7 Å². The van der Waals surface area contributed by atoms with Gasteiger partial charge >= 0.3 is 0 Å². The van der Waals surface area contributed by atoms with E-state index in [4.69, 9.17) is 9.47 Å². The predicted molar refractivity (Wildman–Crippen MR) is 78.8 cm³/mol. The van der Waals surface area contributed by atoms with Crippen molar-refractivity contribution in [3.8, 4) is 5.75 Å². The van der Waals surface area contributed by atoms with Crippen LogP contribution in [0.5, 0.6) is 5.75 Å². The standard InChI is InChI=1S/C15H24N2O3/c1-12(11-19-3)16-15(18)10-17(2)9-13-6-5-7-14(8-13)20-4/h5-8,12H,9-11H2,1-4H3,(H,16,18). The summed E-state index contributed by atoms with van der Waals surface area (Å²) in [6.45, 7) is 3.49. The lowest BCUT2D eigenvalue weighted by atomic mass is 10.2. The number of hydrogen-bond donors (Lipinski definition) is 1. The van der Waals surface area contributed by atoms with Gasteiger partial charge in [0, 0.05) is 19.7 Å². The largest absolute Gasteiger partial charge is 0.497 e. The van der Waals surface area contributed by atoms with Crippen LogP contribution in [0, 0.1) is 0 Å². The molecule has 0 radical (unpaired) electrons. The Morgan fingerprint density at radius 3 is 2.80 bits per heavy atom. The Bertz CT molecular complexity index is 423. The Hall–Kier alpha value is -1.59. The third-order valence-corrected chi connectivity index (χ3v) is 2.82. The number of carbonyl (C=O) groups is 1. The van der Waals surface area contributed by atoms with Crippen LogP contribution in [0.15, 0.2) is 24.3 Å². The maximum Gasteiger partial charge on any atom is 0.234 e. The molecular weight excluding hydrogens is 256 g/mol. The summed E-state index contributed by atoms with van der Waals surface area (Å²) in [7, 11) is 5.19. The highest BCUT2D eigenvalue weighted by Crippen LogP contribution is 2.13. The Morgan fingerprint density at radius 1 is 1.40 bits per heavy atom. The molecule has 0 aliphatic heterocycles. The van der Waals surface area contributed by atoms with Crippen molar-refractivity contribution in [1.29, 1.82) is 0 Å². The summed E-state index contributed by atoms with van der Waals surface area (Å²) < 4.78 is 10.2. The van der Waals surface area contributed by atoms with Crippen LogP contribution in [0.1, 0.15) is 12.5 Å². The van der Waals surface area contributed by atoms with Crippen molar-refractivity contribution in [3.63, 3.8) is 0 Å². The number of methoxy groups -OCH3 is 2. The molecule has 0 saturated heterocycles. The third-order valence-electron chi connectivity index (χ3n) is 2.82. The molecule has 1 N–H and O–H groups in total. The zero-order valence-electron chi connectivity index (χ0n) is 12.7. The number of ether oxygens (including phenoxy) is 2. The second kappa shape index (κ2) is 8.55. The molecule has 5 nitrogen and oxygen atoms in total. The number of likely N-dealkylation sites (N-methyl/N-ethyl adjacent to an activating group) is 1. The SMILES string of the molecule is COCC(C)NC(=O)CN(C)Cc1cccc(OC)c1. The minimum absolute atomic E-state index is 0.0000499. The lowest BCUT2D eigenvalue weighted by molar-refractivity contribution is -0.123. The van der Waals surface area contributed by atoms with Gasteiger partial charge in [0.1, 0.15) is 5.75 Å². The lowest BCUT2D eigenvalue weighted by Gasteiger charge is -2.19. The number of benzene rings is 1. The molecule has 5 heteroatoms. The van der Waals surface area contributed by atoms with Crippen molar-refractivity contribution in [1.82, 2.24) is 10.2 Å². The van der Waals surface area contributed by atoms with Crippen LogP contribution in [-0.2, 0) is 16.1 Å². The molecule has 112 valence electrons. The van der Waals surface area contributed by atoms with Crippen LogP contribution in [-0.4, -0.2) is 51.3 Å². The minimum atomic E-state index is -0.0000499. The predicted octanol–water partition coefficient (Wildman–Crippen LogP) is 1.28. The van der Waals surface area contributed by atoms with Gasteiger partial charge in [-0.1, -0.05) is 12.1 Å². The number of nitrogens with one attached hydrogen (secondary N) is 1. The van der Waals surface area contributed by atoms with Gasteiger partial charge in [0.05, 0.1) is 20.3 Å². The molecule has 20 heavy (non-hydrogen) atoms. The quantitative estimate of drug-likeness (QED) is 0.779. The Labute approximate surface area is 120 Å². The zero-order chi connectivity index (χ0) is 15.0. The minimum Gasteiger partial charge on any atom is -0.497 e. The van der Waals surface area contributed by atoms with Crippen LogP contribution in [0.2, 0.25) is 0 Å². The van der Waals surface area contributed by atoms with Crippen LogP contribution in [0.3, 0.4) is 0 Å². The van der Waals surface area contributed by atoms with Crippen LogP contribution in [0.4, 0.5) is 0 Å². The number of carbonyl (C=O) groups excluding carboxylic acids is 1. The first kappa shape index (κ1) is 16.5. The van der Waals surface area contributed by atoms with Crippen molar-refractivity contribution >= 4 is 5.91 Å². The number of amides is 1. The van der Waals surface area contributed by atoms with Gasteiger partial charge in [0.2, 0.25) is 5.91 Å². The number of hydrogen-bond acceptors (Lipinski definition) is 4. The van der Waals surface area contributed by atoms with Gasteiger partial charge in [0.15, 0.2) is 0 Å². The smallest absolute Gasteiger partial charge is 0.234 e. The molecule has 0 aliphatic rings. The van der Waals surface area contributed by atoms with Gasteiger partial charge < -0.3 is 14.8 Å². The molecule has 1 rings (SSSR count). The van der Waals surface area contributed by atoms with Gasteiger partial charge in [-0.15, -0.1) is 0 Å². The summed E-state index contributed by atoms with van der Waals surface area (Å²) in [4.78, 5) is 13.8. The zero-order valence-corrected chi connectivity index (χ0v) is 12.7. The molecule has 0 saturated carbocycles. The average molecular weight is 280 g/mol. The van der Waals surface area contributed by atoms with Gasteiger partial charge in [-0.25, -0.2) is 0 Å². The van der Waals surface area contributed by atoms with Crippen molar-refractivity contribution in [2.24, 2.45) is 0 Å². The van der Waals surface area contributed by atoms with Crippen molar-refractivity contribution in [2.75, 3.05) is 34.4 Å². The molecule has 1 unspecified atom stereocenters. The maximum absolute atomic E-state index is 11.8. The van der Waals surface area contributed by atoms with E-state index in [0.717, 1.165) is 11.3 Å². The second-order valence-electron chi connectivity index (χ2n) is 4.95. The van der Waals surface area contributed by atoms with E-state index >= 15 is 0 Å². The first-order valence-corrected chi connectivity index (χ1v) is 6.65. The summed E-state index contributed by atoms with van der Waals surface area (Å²) in [5, 5.41) is 2.89. The molecule has 0 fully saturated rings. The highest BCUT2D eigenvalue weighted by molar-refractivity contribution is 5.78. The van der Waals surface area contributed by atoms with Crippen molar-refractivity contribution in [2.45, 2.75) is 19.5 Å². The van der Waals surface area contributed by atoms with E-state index < -0.39 is 0 Å². The fourth-order valence-corrected chi connectivity index (χ4v) is 2.00. The number of rotatable bonds is 8. The van der Waals surface area contributed by atoms with E-state index in [1.807, 2.05) is 43.1 Å². The van der Waals surface area contributed by atoms with Crippen LogP contribution in [0.25, 0.3) is 0 Å². The fraction of sp³-hybridized carbons (Fsp3) is 0.533. The van der Waals surface area contributed by atoms with E-state index in [2.05, 4.69) is 5.32 Å². The normalized spacial score (nSPS) is 12.2. The highest BCUT2D eigenvalue weighted by atomic mass is 16.5. The first-order chi connectivity index (χ1) is 9.55. The highest BCUT2D eigenvalue weighted by Gasteiger charge is 2.10. The van der Waals surface area contributed by atoms with E-state index in [-0.39, 0.29) is 11.9 Å². The summed E-state index contributed by atoms with van der Waals surface area (Å²) >= 11 is 0. The monoisotopic (exact) mass is 280 g/mol. The molecule has 0 aliphatic carbocycles. The molecule has 0 heterocycles.